The molecule has 0 saturated heterocycles. The fourth-order valence-electron chi connectivity index (χ4n) is 5.26. The third-order valence-corrected chi connectivity index (χ3v) is 7.23. The molecular formula is C29H30ClNO6. The van der Waals surface area contributed by atoms with E-state index in [0.717, 1.165) is 16.8 Å². The number of esters is 1. The first-order valence-electron chi connectivity index (χ1n) is 12.5. The van der Waals surface area contributed by atoms with E-state index < -0.39 is 11.9 Å². The quantitative estimate of drug-likeness (QED) is 0.384. The molecule has 37 heavy (non-hydrogen) atoms. The second kappa shape index (κ2) is 10.6. The van der Waals surface area contributed by atoms with Crippen LogP contribution in [0, 0.1) is 0 Å². The fourth-order valence-corrected chi connectivity index (χ4v) is 5.55. The Morgan fingerprint density at radius 1 is 1.11 bits per heavy atom. The van der Waals surface area contributed by atoms with Crippen LogP contribution in [-0.2, 0) is 19.1 Å². The van der Waals surface area contributed by atoms with Crippen molar-refractivity contribution in [2.75, 3.05) is 20.0 Å². The first-order valence-corrected chi connectivity index (χ1v) is 12.9. The van der Waals surface area contributed by atoms with Gasteiger partial charge in [0.25, 0.3) is 0 Å². The first kappa shape index (κ1) is 25.4. The molecule has 3 aliphatic rings. The van der Waals surface area contributed by atoms with Crippen LogP contribution in [0.15, 0.2) is 65.0 Å². The number of hydrogen-bond acceptors (Lipinski definition) is 7. The summed E-state index contributed by atoms with van der Waals surface area (Å²) in [7, 11) is 0. The molecule has 2 aliphatic heterocycles. The number of halogens is 1. The van der Waals surface area contributed by atoms with Gasteiger partial charge in [0, 0.05) is 34.3 Å². The summed E-state index contributed by atoms with van der Waals surface area (Å²) in [5, 5.41) is 4.01. The van der Waals surface area contributed by atoms with Gasteiger partial charge in [-0.3, -0.25) is 4.79 Å². The van der Waals surface area contributed by atoms with Crippen LogP contribution in [0.2, 0.25) is 5.02 Å². The predicted octanol–water partition coefficient (Wildman–Crippen LogP) is 5.40. The van der Waals surface area contributed by atoms with Gasteiger partial charge >= 0.3 is 5.97 Å². The van der Waals surface area contributed by atoms with Crippen LogP contribution in [0.5, 0.6) is 11.5 Å². The molecule has 7 nitrogen and oxygen atoms in total. The molecule has 8 heteroatoms. The van der Waals surface area contributed by atoms with E-state index in [0.29, 0.717) is 52.8 Å². The lowest BCUT2D eigenvalue weighted by atomic mass is 9.71. The van der Waals surface area contributed by atoms with E-state index in [4.69, 9.17) is 30.5 Å². The zero-order chi connectivity index (χ0) is 26.1. The zero-order valence-corrected chi connectivity index (χ0v) is 21.9. The van der Waals surface area contributed by atoms with Crippen LogP contribution in [0.1, 0.15) is 56.6 Å². The largest absolute Gasteiger partial charge is 0.460 e. The topological polar surface area (TPSA) is 83.1 Å². The predicted molar refractivity (Wildman–Crippen MR) is 139 cm³/mol. The Morgan fingerprint density at radius 2 is 1.89 bits per heavy atom. The number of ether oxygens (including phenoxy) is 4. The number of Topliss-reactive ketones (excluding diaryl/α,β-unsaturated/α-hetero) is 1. The van der Waals surface area contributed by atoms with Gasteiger partial charge in [0.1, 0.15) is 6.61 Å². The highest BCUT2D eigenvalue weighted by Crippen LogP contribution is 2.48. The molecule has 0 spiro atoms. The molecule has 0 unspecified atom stereocenters. The van der Waals surface area contributed by atoms with E-state index in [1.165, 1.54) is 0 Å². The highest BCUT2D eigenvalue weighted by atomic mass is 35.5. The number of dihydropyridines is 1. The smallest absolute Gasteiger partial charge is 0.336 e. The third kappa shape index (κ3) is 5.11. The van der Waals surface area contributed by atoms with Gasteiger partial charge in [-0.1, -0.05) is 35.9 Å². The number of benzene rings is 2. The first-order chi connectivity index (χ1) is 17.8. The van der Waals surface area contributed by atoms with Gasteiger partial charge in [0.15, 0.2) is 17.3 Å². The van der Waals surface area contributed by atoms with E-state index in [1.54, 1.807) is 0 Å². The highest BCUT2D eigenvalue weighted by molar-refractivity contribution is 6.31. The Morgan fingerprint density at radius 3 is 2.68 bits per heavy atom. The van der Waals surface area contributed by atoms with Gasteiger partial charge in [0.2, 0.25) is 6.79 Å². The minimum absolute atomic E-state index is 0.0257. The summed E-state index contributed by atoms with van der Waals surface area (Å²) >= 11 is 6.48. The minimum Gasteiger partial charge on any atom is -0.460 e. The summed E-state index contributed by atoms with van der Waals surface area (Å²) in [6.07, 6.45) is 0.943. The second-order valence-corrected chi connectivity index (χ2v) is 10.1. The number of rotatable bonds is 7. The molecule has 2 atom stereocenters. The number of ketones is 1. The summed E-state index contributed by atoms with van der Waals surface area (Å²) in [5.74, 6) is 0.0700. The van der Waals surface area contributed by atoms with Gasteiger partial charge in [0.05, 0.1) is 18.3 Å². The van der Waals surface area contributed by atoms with Crippen molar-refractivity contribution in [2.45, 2.75) is 51.6 Å². The normalized spacial score (nSPS) is 20.7. The highest BCUT2D eigenvalue weighted by Gasteiger charge is 2.42. The van der Waals surface area contributed by atoms with Crippen molar-refractivity contribution < 1.29 is 28.5 Å². The number of allylic oxidation sites excluding steroid dienone is 3. The van der Waals surface area contributed by atoms with Crippen LogP contribution < -0.4 is 14.8 Å². The lowest BCUT2D eigenvalue weighted by molar-refractivity contribution is -0.141. The average Bonchev–Trinajstić information content (AvgIpc) is 3.33. The Bertz CT molecular complexity index is 1300. The van der Waals surface area contributed by atoms with Gasteiger partial charge in [-0.25, -0.2) is 4.79 Å². The summed E-state index contributed by atoms with van der Waals surface area (Å²) < 4.78 is 22.2. The van der Waals surface area contributed by atoms with Crippen molar-refractivity contribution in [1.29, 1.82) is 0 Å². The molecule has 2 heterocycles. The summed E-state index contributed by atoms with van der Waals surface area (Å²) in [6, 6.07) is 13.2. The third-order valence-electron chi connectivity index (χ3n) is 6.89. The lowest BCUT2D eigenvalue weighted by Gasteiger charge is -2.37. The van der Waals surface area contributed by atoms with Crippen molar-refractivity contribution in [3.63, 3.8) is 0 Å². The van der Waals surface area contributed by atoms with E-state index in [2.05, 4.69) is 5.32 Å². The molecule has 1 aliphatic carbocycles. The summed E-state index contributed by atoms with van der Waals surface area (Å²) in [4.78, 5) is 27.2. The minimum atomic E-state index is -0.594. The van der Waals surface area contributed by atoms with E-state index >= 15 is 0 Å². The molecule has 0 fully saturated rings. The maximum Gasteiger partial charge on any atom is 0.336 e. The number of nitrogens with one attached hydrogen (secondary N) is 1. The average molecular weight is 524 g/mol. The van der Waals surface area contributed by atoms with Crippen molar-refractivity contribution >= 4 is 23.4 Å². The van der Waals surface area contributed by atoms with Crippen LogP contribution in [-0.4, -0.2) is 37.9 Å². The molecule has 2 aromatic rings. The van der Waals surface area contributed by atoms with Crippen LogP contribution in [0.25, 0.3) is 0 Å². The second-order valence-electron chi connectivity index (χ2n) is 9.71. The monoisotopic (exact) mass is 523 g/mol. The summed E-state index contributed by atoms with van der Waals surface area (Å²) in [6.45, 7) is 6.24. The molecule has 0 saturated carbocycles. The Labute approximate surface area is 221 Å². The lowest BCUT2D eigenvalue weighted by Crippen LogP contribution is -2.36. The van der Waals surface area contributed by atoms with Crippen molar-refractivity contribution in [1.82, 2.24) is 5.32 Å². The molecular weight excluding hydrogens is 494 g/mol. The van der Waals surface area contributed by atoms with Crippen LogP contribution in [0.3, 0.4) is 0 Å². The van der Waals surface area contributed by atoms with E-state index in [9.17, 15) is 9.59 Å². The van der Waals surface area contributed by atoms with Crippen LogP contribution >= 0.6 is 11.6 Å². The number of carbonyl (C=O) groups excluding carboxylic acids is 2. The number of fused-ring (bicyclic) bond motifs is 1. The molecule has 2 aromatic carbocycles. The molecule has 5 rings (SSSR count). The van der Waals surface area contributed by atoms with Crippen molar-refractivity contribution in [2.24, 2.45) is 0 Å². The molecule has 0 aromatic heterocycles. The standard InChI is InChI=1S/C29H30ClNO6/c1-16(2)34-10-11-35-29(33)26-17(3)31-22-12-19(20-6-4-5-7-21(20)30)13-23(32)28(22)27(26)18-8-9-24-25(14-18)37-15-36-24/h4-9,14,16,19,27,31H,10-13,15H2,1-3H3/t19-,27+/m1/s1. The van der Waals surface area contributed by atoms with E-state index in [-0.39, 0.29) is 31.2 Å². The molecule has 0 amide bonds. The maximum atomic E-state index is 13.8. The van der Waals surface area contributed by atoms with E-state index in [1.807, 2.05) is 63.2 Å². The molecule has 194 valence electrons. The Balaban J connectivity index is 1.51. The van der Waals surface area contributed by atoms with Gasteiger partial charge in [-0.2, -0.15) is 0 Å². The molecule has 0 radical (unpaired) electrons. The number of carbonyl (C=O) groups is 2. The Hall–Kier alpha value is -3.29. The molecule has 1 N–H and O–H groups in total. The van der Waals surface area contributed by atoms with Crippen molar-refractivity contribution in [3.8, 4) is 11.5 Å². The van der Waals surface area contributed by atoms with Crippen molar-refractivity contribution in [3.05, 3.63) is 81.2 Å². The van der Waals surface area contributed by atoms with Gasteiger partial charge < -0.3 is 24.3 Å². The van der Waals surface area contributed by atoms with Gasteiger partial charge in [-0.05, 0) is 62.4 Å². The molecule has 0 bridgehead atoms. The van der Waals surface area contributed by atoms with Gasteiger partial charge in [-0.15, -0.1) is 0 Å². The number of hydrogen-bond donors (Lipinski definition) is 1. The fraction of sp³-hybridized carbons (Fsp3) is 0.379. The summed E-state index contributed by atoms with van der Waals surface area (Å²) in [5.41, 5.74) is 4.17. The van der Waals surface area contributed by atoms with Crippen LogP contribution in [0.4, 0.5) is 0 Å². The maximum absolute atomic E-state index is 13.8. The Kier molecular flexibility index (Phi) is 7.26. The SMILES string of the molecule is CC1=C(C(=O)OCCOC(C)C)[C@H](c2ccc3c(c2)OCO3)C2=C(C[C@@H](c3ccccc3Cl)CC2=O)N1. The zero-order valence-electron chi connectivity index (χ0n) is 21.1.